The van der Waals surface area contributed by atoms with E-state index >= 15 is 0 Å². The molecule has 0 aliphatic heterocycles. The SMILES string of the molecule is CC[C@H](Cn1cc(-c2ccccc2C)c2ccccc21)c1ccccc1S(N)(=O)=O. The summed E-state index contributed by atoms with van der Waals surface area (Å²) in [6.45, 7) is 4.88. The number of nitrogens with zero attached hydrogens (tertiary/aromatic N) is 1. The molecule has 3 aromatic carbocycles. The highest BCUT2D eigenvalue weighted by Gasteiger charge is 2.21. The van der Waals surface area contributed by atoms with Gasteiger partial charge in [0.2, 0.25) is 10.0 Å². The van der Waals surface area contributed by atoms with E-state index in [1.807, 2.05) is 18.2 Å². The molecule has 4 nitrogen and oxygen atoms in total. The van der Waals surface area contributed by atoms with E-state index in [1.165, 1.54) is 22.1 Å². The van der Waals surface area contributed by atoms with Gasteiger partial charge >= 0.3 is 0 Å². The molecule has 0 aliphatic carbocycles. The number of hydrogen-bond donors (Lipinski definition) is 1. The molecule has 0 saturated heterocycles. The molecule has 0 spiro atoms. The number of para-hydroxylation sites is 1. The van der Waals surface area contributed by atoms with Gasteiger partial charge in [-0.15, -0.1) is 0 Å². The van der Waals surface area contributed by atoms with E-state index in [1.54, 1.807) is 12.1 Å². The molecule has 4 rings (SSSR count). The average Bonchev–Trinajstić information content (AvgIpc) is 3.10. The van der Waals surface area contributed by atoms with Crippen molar-refractivity contribution < 1.29 is 8.42 Å². The van der Waals surface area contributed by atoms with Crippen LogP contribution in [-0.4, -0.2) is 13.0 Å². The predicted molar refractivity (Wildman–Crippen MR) is 123 cm³/mol. The summed E-state index contributed by atoms with van der Waals surface area (Å²) in [5.74, 6) is 0.0278. The first-order valence-corrected chi connectivity index (χ1v) is 11.7. The van der Waals surface area contributed by atoms with Crippen LogP contribution < -0.4 is 5.14 Å². The van der Waals surface area contributed by atoms with Gasteiger partial charge in [0.25, 0.3) is 0 Å². The first-order valence-electron chi connectivity index (χ1n) is 10.2. The van der Waals surface area contributed by atoms with Gasteiger partial charge in [0, 0.05) is 35.1 Å². The summed E-state index contributed by atoms with van der Waals surface area (Å²) in [4.78, 5) is 0.215. The second-order valence-electron chi connectivity index (χ2n) is 7.72. The topological polar surface area (TPSA) is 65.1 Å². The van der Waals surface area contributed by atoms with Crippen LogP contribution in [-0.2, 0) is 16.6 Å². The predicted octanol–water partition coefficient (Wildman–Crippen LogP) is 5.46. The monoisotopic (exact) mass is 418 g/mol. The van der Waals surface area contributed by atoms with Crippen molar-refractivity contribution in [2.45, 2.75) is 37.6 Å². The van der Waals surface area contributed by atoms with Gasteiger partial charge in [-0.1, -0.05) is 67.6 Å². The number of hydrogen-bond acceptors (Lipinski definition) is 2. The molecule has 4 aromatic rings. The third-order valence-electron chi connectivity index (χ3n) is 5.80. The van der Waals surface area contributed by atoms with Gasteiger partial charge < -0.3 is 4.57 Å². The molecule has 0 radical (unpaired) electrons. The minimum absolute atomic E-state index is 0.0278. The van der Waals surface area contributed by atoms with E-state index in [0.717, 1.165) is 17.5 Å². The van der Waals surface area contributed by atoms with Gasteiger partial charge in [-0.3, -0.25) is 0 Å². The zero-order valence-corrected chi connectivity index (χ0v) is 18.1. The van der Waals surface area contributed by atoms with E-state index in [4.69, 9.17) is 5.14 Å². The molecule has 154 valence electrons. The van der Waals surface area contributed by atoms with Crippen molar-refractivity contribution in [3.05, 3.63) is 90.1 Å². The number of aryl methyl sites for hydroxylation is 1. The summed E-state index contributed by atoms with van der Waals surface area (Å²) in [5.41, 5.74) is 5.55. The Morgan fingerprint density at radius 2 is 1.57 bits per heavy atom. The van der Waals surface area contributed by atoms with Crippen LogP contribution in [0.2, 0.25) is 0 Å². The molecule has 1 heterocycles. The number of aromatic nitrogens is 1. The molecule has 5 heteroatoms. The van der Waals surface area contributed by atoms with Crippen molar-refractivity contribution in [2.75, 3.05) is 0 Å². The van der Waals surface area contributed by atoms with Gasteiger partial charge in [0.05, 0.1) is 4.90 Å². The van der Waals surface area contributed by atoms with Crippen LogP contribution in [0.5, 0.6) is 0 Å². The second-order valence-corrected chi connectivity index (χ2v) is 9.25. The fraction of sp³-hybridized carbons (Fsp3) is 0.200. The van der Waals surface area contributed by atoms with E-state index in [0.29, 0.717) is 6.54 Å². The van der Waals surface area contributed by atoms with Gasteiger partial charge in [0.1, 0.15) is 0 Å². The number of nitrogens with two attached hydrogens (primary N) is 1. The Balaban J connectivity index is 1.83. The highest BCUT2D eigenvalue weighted by atomic mass is 32.2. The molecular weight excluding hydrogens is 392 g/mol. The molecule has 0 amide bonds. The fourth-order valence-electron chi connectivity index (χ4n) is 4.25. The van der Waals surface area contributed by atoms with Gasteiger partial charge in [-0.25, -0.2) is 13.6 Å². The molecule has 0 saturated carbocycles. The first-order chi connectivity index (χ1) is 14.4. The average molecular weight is 419 g/mol. The summed E-state index contributed by atoms with van der Waals surface area (Å²) in [6.07, 6.45) is 2.99. The number of sulfonamides is 1. The van der Waals surface area contributed by atoms with E-state index in [2.05, 4.69) is 67.1 Å². The number of primary sulfonamides is 1. The smallest absolute Gasteiger partial charge is 0.238 e. The molecule has 0 fully saturated rings. The molecule has 2 N–H and O–H groups in total. The zero-order valence-electron chi connectivity index (χ0n) is 17.2. The Hall–Kier alpha value is -2.89. The van der Waals surface area contributed by atoms with Crippen molar-refractivity contribution in [1.82, 2.24) is 4.57 Å². The van der Waals surface area contributed by atoms with Crippen molar-refractivity contribution >= 4 is 20.9 Å². The van der Waals surface area contributed by atoms with E-state index < -0.39 is 10.0 Å². The maximum absolute atomic E-state index is 12.1. The molecule has 0 aliphatic rings. The Morgan fingerprint density at radius 3 is 2.30 bits per heavy atom. The third-order valence-corrected chi connectivity index (χ3v) is 6.78. The third kappa shape index (κ3) is 3.78. The summed E-state index contributed by atoms with van der Waals surface area (Å²) < 4.78 is 26.5. The normalized spacial score (nSPS) is 12.9. The second kappa shape index (κ2) is 8.09. The van der Waals surface area contributed by atoms with Crippen LogP contribution in [0.4, 0.5) is 0 Å². The lowest BCUT2D eigenvalue weighted by atomic mass is 9.96. The minimum Gasteiger partial charge on any atom is -0.346 e. The maximum atomic E-state index is 12.1. The quantitative estimate of drug-likeness (QED) is 0.452. The Labute approximate surface area is 178 Å². The lowest BCUT2D eigenvalue weighted by Gasteiger charge is -2.19. The summed E-state index contributed by atoms with van der Waals surface area (Å²) in [5, 5.41) is 6.69. The highest BCUT2D eigenvalue weighted by molar-refractivity contribution is 7.89. The summed E-state index contributed by atoms with van der Waals surface area (Å²) >= 11 is 0. The van der Waals surface area contributed by atoms with Crippen molar-refractivity contribution in [2.24, 2.45) is 5.14 Å². The van der Waals surface area contributed by atoms with E-state index in [-0.39, 0.29) is 10.8 Å². The van der Waals surface area contributed by atoms with Gasteiger partial charge in [0.15, 0.2) is 0 Å². The van der Waals surface area contributed by atoms with Gasteiger partial charge in [-0.05, 0) is 42.2 Å². The van der Waals surface area contributed by atoms with Gasteiger partial charge in [-0.2, -0.15) is 0 Å². The first kappa shape index (κ1) is 20.4. The van der Waals surface area contributed by atoms with Crippen LogP contribution >= 0.6 is 0 Å². The van der Waals surface area contributed by atoms with Crippen molar-refractivity contribution in [3.63, 3.8) is 0 Å². The molecule has 1 aromatic heterocycles. The standard InChI is InChI=1S/C25H26N2O2S/c1-3-19(21-12-7-9-15-25(21)30(26,28)29)16-27-17-23(20-11-5-4-10-18(20)2)22-13-6-8-14-24(22)27/h4-15,17,19H,3,16H2,1-2H3,(H2,26,28,29)/t19-/m1/s1. The fourth-order valence-corrected chi connectivity index (χ4v) is 5.08. The largest absolute Gasteiger partial charge is 0.346 e. The maximum Gasteiger partial charge on any atom is 0.238 e. The van der Waals surface area contributed by atoms with E-state index in [9.17, 15) is 8.42 Å². The number of fused-ring (bicyclic) bond motifs is 1. The Morgan fingerprint density at radius 1 is 0.900 bits per heavy atom. The molecular formula is C25H26N2O2S. The summed E-state index contributed by atoms with van der Waals surface area (Å²) in [6, 6.07) is 23.8. The molecule has 0 bridgehead atoms. The lowest BCUT2D eigenvalue weighted by molar-refractivity contribution is 0.544. The highest BCUT2D eigenvalue weighted by Crippen LogP contribution is 2.35. The van der Waals surface area contributed by atoms with Crippen LogP contribution in [0.25, 0.3) is 22.0 Å². The van der Waals surface area contributed by atoms with Crippen LogP contribution in [0.15, 0.2) is 83.9 Å². The number of rotatable bonds is 6. The zero-order chi connectivity index (χ0) is 21.3. The molecule has 0 unspecified atom stereocenters. The Bertz CT molecular complexity index is 1310. The van der Waals surface area contributed by atoms with Crippen molar-refractivity contribution in [1.29, 1.82) is 0 Å². The summed E-state index contributed by atoms with van der Waals surface area (Å²) in [7, 11) is -3.78. The van der Waals surface area contributed by atoms with Crippen LogP contribution in [0, 0.1) is 6.92 Å². The van der Waals surface area contributed by atoms with Crippen molar-refractivity contribution in [3.8, 4) is 11.1 Å². The minimum atomic E-state index is -3.78. The Kier molecular flexibility index (Phi) is 5.50. The number of benzene rings is 3. The van der Waals surface area contributed by atoms with Crippen LogP contribution in [0.1, 0.15) is 30.4 Å². The molecule has 30 heavy (non-hydrogen) atoms. The van der Waals surface area contributed by atoms with Crippen LogP contribution in [0.3, 0.4) is 0 Å². The lowest BCUT2D eigenvalue weighted by Crippen LogP contribution is -2.17. The molecule has 1 atom stereocenters.